The maximum Gasteiger partial charge on any atom is 0.137 e. The Hall–Kier alpha value is -3.46. The third-order valence-corrected chi connectivity index (χ3v) is 5.39. The summed E-state index contributed by atoms with van der Waals surface area (Å²) >= 11 is 0. The second-order valence-electron chi connectivity index (χ2n) is 7.27. The van der Waals surface area contributed by atoms with E-state index in [0.29, 0.717) is 0 Å². The molecule has 7 nitrogen and oxygen atoms in total. The van der Waals surface area contributed by atoms with E-state index in [-0.39, 0.29) is 12.1 Å². The molecule has 2 aromatic heterocycles. The van der Waals surface area contributed by atoms with E-state index in [2.05, 4.69) is 25.5 Å². The molecule has 2 aromatic carbocycles. The van der Waals surface area contributed by atoms with Gasteiger partial charge in [0, 0.05) is 23.1 Å². The highest BCUT2D eigenvalue weighted by Gasteiger charge is 2.40. The van der Waals surface area contributed by atoms with Crippen molar-refractivity contribution >= 4 is 0 Å². The van der Waals surface area contributed by atoms with Gasteiger partial charge in [-0.1, -0.05) is 42.5 Å². The highest BCUT2D eigenvalue weighted by Crippen LogP contribution is 2.40. The number of hydrogen-bond acceptors (Lipinski definition) is 5. The Kier molecular flexibility index (Phi) is 5.13. The standard InChI is InChI=1S/C21H20F2N6O/c1-13(15-3-5-16(6-4-15)20-14(2)26-28-27-20)21(30,10-29-12-24-11-25-29)18-8-7-17(22)9-19(18)23/h3-9,11-13,30H,10H2,1-2H3,(H,26,27,28)/t13-,21+/m1/s1. The van der Waals surface area contributed by atoms with Gasteiger partial charge in [-0.25, -0.2) is 18.4 Å². The number of rotatable bonds is 6. The number of H-pyrrole nitrogens is 1. The third-order valence-electron chi connectivity index (χ3n) is 5.39. The predicted octanol–water partition coefficient (Wildman–Crippen LogP) is 3.34. The Labute approximate surface area is 171 Å². The molecular formula is C21H20F2N6O. The fraction of sp³-hybridized carbons (Fsp3) is 0.238. The van der Waals surface area contributed by atoms with Crippen LogP contribution in [-0.2, 0) is 12.1 Å². The Morgan fingerprint density at radius 1 is 1.17 bits per heavy atom. The van der Waals surface area contributed by atoms with Crippen molar-refractivity contribution in [3.8, 4) is 11.3 Å². The van der Waals surface area contributed by atoms with E-state index in [1.807, 2.05) is 31.2 Å². The van der Waals surface area contributed by atoms with E-state index >= 15 is 0 Å². The summed E-state index contributed by atoms with van der Waals surface area (Å²) in [5, 5.41) is 26.4. The van der Waals surface area contributed by atoms with Gasteiger partial charge in [0.15, 0.2) is 0 Å². The van der Waals surface area contributed by atoms with Crippen molar-refractivity contribution in [2.75, 3.05) is 0 Å². The van der Waals surface area contributed by atoms with Crippen LogP contribution in [0, 0.1) is 18.6 Å². The van der Waals surface area contributed by atoms with Gasteiger partial charge in [-0.05, 0) is 18.6 Å². The molecule has 154 valence electrons. The zero-order valence-electron chi connectivity index (χ0n) is 16.4. The molecule has 4 aromatic rings. The van der Waals surface area contributed by atoms with Gasteiger partial charge in [0.25, 0.3) is 0 Å². The van der Waals surface area contributed by atoms with Crippen LogP contribution < -0.4 is 0 Å². The number of hydrogen-bond donors (Lipinski definition) is 2. The Balaban J connectivity index is 1.74. The Morgan fingerprint density at radius 2 is 1.93 bits per heavy atom. The van der Waals surface area contributed by atoms with Gasteiger partial charge in [-0.15, -0.1) is 5.10 Å². The van der Waals surface area contributed by atoms with Gasteiger partial charge in [-0.3, -0.25) is 5.10 Å². The molecule has 0 aliphatic carbocycles. The van der Waals surface area contributed by atoms with Crippen LogP contribution in [0.1, 0.15) is 29.7 Å². The van der Waals surface area contributed by atoms with E-state index < -0.39 is 23.2 Å². The van der Waals surface area contributed by atoms with Gasteiger partial charge >= 0.3 is 0 Å². The SMILES string of the molecule is Cc1[nH]nnc1-c1ccc([C@@H](C)[C@@](O)(Cn2cncn2)c2ccc(F)cc2F)cc1. The minimum atomic E-state index is -1.70. The number of benzene rings is 2. The number of aliphatic hydroxyl groups is 1. The van der Waals surface area contributed by atoms with Crippen LogP contribution in [0.15, 0.2) is 55.1 Å². The topological polar surface area (TPSA) is 92.5 Å². The summed E-state index contributed by atoms with van der Waals surface area (Å²) in [6, 6.07) is 10.6. The molecule has 0 aliphatic rings. The predicted molar refractivity (Wildman–Crippen MR) is 105 cm³/mol. The maximum absolute atomic E-state index is 14.7. The lowest BCUT2D eigenvalue weighted by molar-refractivity contribution is -0.0112. The summed E-state index contributed by atoms with van der Waals surface area (Å²) in [5.41, 5.74) is 1.50. The minimum Gasteiger partial charge on any atom is -0.382 e. The molecule has 4 rings (SSSR count). The molecule has 9 heteroatoms. The molecule has 0 saturated heterocycles. The lowest BCUT2D eigenvalue weighted by Crippen LogP contribution is -2.38. The smallest absolute Gasteiger partial charge is 0.137 e. The van der Waals surface area contributed by atoms with E-state index in [0.717, 1.165) is 34.6 Å². The Morgan fingerprint density at radius 3 is 2.53 bits per heavy atom. The second-order valence-corrected chi connectivity index (χ2v) is 7.27. The highest BCUT2D eigenvalue weighted by molar-refractivity contribution is 5.61. The summed E-state index contributed by atoms with van der Waals surface area (Å²) < 4.78 is 29.6. The number of nitrogens with zero attached hydrogens (tertiary/aromatic N) is 5. The molecule has 0 radical (unpaired) electrons. The van der Waals surface area contributed by atoms with Gasteiger partial charge in [0.1, 0.15) is 35.6 Å². The van der Waals surface area contributed by atoms with Crippen LogP contribution in [0.3, 0.4) is 0 Å². The quantitative estimate of drug-likeness (QED) is 0.509. The van der Waals surface area contributed by atoms with E-state index in [4.69, 9.17) is 0 Å². The van der Waals surface area contributed by atoms with Crippen LogP contribution in [0.25, 0.3) is 11.3 Å². The monoisotopic (exact) mass is 410 g/mol. The fourth-order valence-corrected chi connectivity index (χ4v) is 3.61. The second kappa shape index (κ2) is 7.75. The average Bonchev–Trinajstić information content (AvgIpc) is 3.39. The molecule has 0 spiro atoms. The molecule has 0 aliphatic heterocycles. The first-order chi connectivity index (χ1) is 14.4. The summed E-state index contributed by atoms with van der Waals surface area (Å²) in [4.78, 5) is 3.89. The average molecular weight is 410 g/mol. The number of aromatic nitrogens is 6. The van der Waals surface area contributed by atoms with Crippen LogP contribution in [0.2, 0.25) is 0 Å². The molecule has 2 heterocycles. The summed E-state index contributed by atoms with van der Waals surface area (Å²) in [7, 11) is 0. The molecule has 0 fully saturated rings. The Bertz CT molecular complexity index is 1140. The van der Waals surface area contributed by atoms with Gasteiger partial charge < -0.3 is 5.11 Å². The zero-order chi connectivity index (χ0) is 21.3. The van der Waals surface area contributed by atoms with Crippen molar-refractivity contribution < 1.29 is 13.9 Å². The zero-order valence-corrected chi connectivity index (χ0v) is 16.4. The van der Waals surface area contributed by atoms with Crippen LogP contribution in [-0.4, -0.2) is 35.3 Å². The number of aryl methyl sites for hydroxylation is 1. The van der Waals surface area contributed by atoms with Crippen molar-refractivity contribution in [2.45, 2.75) is 31.9 Å². The van der Waals surface area contributed by atoms with E-state index in [1.54, 1.807) is 6.92 Å². The van der Waals surface area contributed by atoms with Crippen molar-refractivity contribution in [3.05, 3.63) is 83.6 Å². The number of nitrogens with one attached hydrogen (secondary N) is 1. The normalized spacial score (nSPS) is 14.4. The lowest BCUT2D eigenvalue weighted by atomic mass is 9.77. The molecular weight excluding hydrogens is 390 g/mol. The van der Waals surface area contributed by atoms with Crippen LogP contribution in [0.4, 0.5) is 8.78 Å². The largest absolute Gasteiger partial charge is 0.382 e. The van der Waals surface area contributed by atoms with E-state index in [1.165, 1.54) is 23.4 Å². The first-order valence-corrected chi connectivity index (χ1v) is 9.37. The molecule has 2 atom stereocenters. The molecule has 2 N–H and O–H groups in total. The minimum absolute atomic E-state index is 0.0108. The molecule has 0 saturated carbocycles. The number of halogens is 2. The van der Waals surface area contributed by atoms with Crippen molar-refractivity contribution in [3.63, 3.8) is 0 Å². The van der Waals surface area contributed by atoms with Gasteiger partial charge in [0.2, 0.25) is 0 Å². The highest BCUT2D eigenvalue weighted by atomic mass is 19.1. The molecule has 0 bridgehead atoms. The van der Waals surface area contributed by atoms with Crippen LogP contribution >= 0.6 is 0 Å². The van der Waals surface area contributed by atoms with Gasteiger partial charge in [-0.2, -0.15) is 5.10 Å². The maximum atomic E-state index is 14.7. The van der Waals surface area contributed by atoms with Crippen molar-refractivity contribution in [1.29, 1.82) is 0 Å². The summed E-state index contributed by atoms with van der Waals surface area (Å²) in [6.07, 6.45) is 2.77. The summed E-state index contributed by atoms with van der Waals surface area (Å²) in [5.74, 6) is -2.08. The third kappa shape index (κ3) is 3.59. The van der Waals surface area contributed by atoms with Crippen molar-refractivity contribution in [1.82, 2.24) is 30.2 Å². The van der Waals surface area contributed by atoms with Gasteiger partial charge in [0.05, 0.1) is 12.2 Å². The van der Waals surface area contributed by atoms with Crippen molar-refractivity contribution in [2.24, 2.45) is 0 Å². The van der Waals surface area contributed by atoms with Crippen LogP contribution in [0.5, 0.6) is 0 Å². The molecule has 0 amide bonds. The van der Waals surface area contributed by atoms with E-state index in [9.17, 15) is 13.9 Å². The fourth-order valence-electron chi connectivity index (χ4n) is 3.61. The molecule has 0 unspecified atom stereocenters. The lowest BCUT2D eigenvalue weighted by Gasteiger charge is -2.35. The molecule has 30 heavy (non-hydrogen) atoms. The summed E-state index contributed by atoms with van der Waals surface area (Å²) in [6.45, 7) is 3.61. The first-order valence-electron chi connectivity index (χ1n) is 9.37. The number of aromatic amines is 1. The first kappa shape index (κ1) is 19.8.